The lowest BCUT2D eigenvalue weighted by Gasteiger charge is -2.38. The summed E-state index contributed by atoms with van der Waals surface area (Å²) in [7, 11) is 0. The molecule has 0 amide bonds. The Morgan fingerprint density at radius 1 is 1.05 bits per heavy atom. The van der Waals surface area contributed by atoms with Crippen LogP contribution in [0.4, 0.5) is 5.69 Å². The number of phenolic OH excluding ortho intramolecular Hbond substituents is 2. The maximum atomic E-state index is 9.62. The van der Waals surface area contributed by atoms with Gasteiger partial charge in [0.1, 0.15) is 11.5 Å². The monoisotopic (exact) mass is 269 g/mol. The van der Waals surface area contributed by atoms with Crippen LogP contribution in [0.3, 0.4) is 0 Å². The molecular formula is C17H19NO2. The Morgan fingerprint density at radius 3 is 2.45 bits per heavy atom. The van der Waals surface area contributed by atoms with E-state index in [1.54, 1.807) is 18.2 Å². The Labute approximate surface area is 119 Å². The van der Waals surface area contributed by atoms with Gasteiger partial charge in [-0.2, -0.15) is 0 Å². The third-order valence-electron chi connectivity index (χ3n) is 4.05. The van der Waals surface area contributed by atoms with Gasteiger partial charge in [0, 0.05) is 12.2 Å². The number of hydrogen-bond donors (Lipinski definition) is 2. The zero-order valence-corrected chi connectivity index (χ0v) is 11.6. The van der Waals surface area contributed by atoms with Crippen molar-refractivity contribution in [2.24, 2.45) is 0 Å². The van der Waals surface area contributed by atoms with E-state index in [0.717, 1.165) is 25.1 Å². The highest BCUT2D eigenvalue weighted by molar-refractivity contribution is 5.54. The van der Waals surface area contributed by atoms with Crippen LogP contribution in [0, 0.1) is 0 Å². The number of hydrogen-bond acceptors (Lipinski definition) is 3. The highest BCUT2D eigenvalue weighted by atomic mass is 16.3. The Balaban J connectivity index is 1.98. The van der Waals surface area contributed by atoms with Crippen molar-refractivity contribution in [2.75, 3.05) is 11.4 Å². The number of aromatic hydroxyl groups is 2. The quantitative estimate of drug-likeness (QED) is 0.875. The van der Waals surface area contributed by atoms with Gasteiger partial charge >= 0.3 is 0 Å². The van der Waals surface area contributed by atoms with Crippen molar-refractivity contribution in [2.45, 2.75) is 25.8 Å². The summed E-state index contributed by atoms with van der Waals surface area (Å²) in [4.78, 5) is 2.37. The van der Waals surface area contributed by atoms with Crippen LogP contribution in [0.5, 0.6) is 11.5 Å². The van der Waals surface area contributed by atoms with E-state index in [9.17, 15) is 10.2 Å². The average molecular weight is 269 g/mol. The van der Waals surface area contributed by atoms with Crippen LogP contribution in [0.1, 0.15) is 30.5 Å². The smallest absolute Gasteiger partial charge is 0.115 e. The van der Waals surface area contributed by atoms with Crippen LogP contribution in [0.25, 0.3) is 0 Å². The van der Waals surface area contributed by atoms with Crippen LogP contribution < -0.4 is 4.90 Å². The summed E-state index contributed by atoms with van der Waals surface area (Å²) in [5.74, 6) is 0.640. The van der Waals surface area contributed by atoms with Gasteiger partial charge in [-0.1, -0.05) is 13.0 Å². The summed E-state index contributed by atoms with van der Waals surface area (Å²) in [5, 5.41) is 19.0. The molecule has 0 saturated carbocycles. The summed E-state index contributed by atoms with van der Waals surface area (Å²) in [5.41, 5.74) is 3.67. The van der Waals surface area contributed by atoms with Crippen molar-refractivity contribution in [3.05, 3.63) is 53.6 Å². The largest absolute Gasteiger partial charge is 0.508 e. The fourth-order valence-corrected chi connectivity index (χ4v) is 3.09. The van der Waals surface area contributed by atoms with Gasteiger partial charge in [0.2, 0.25) is 0 Å². The summed E-state index contributed by atoms with van der Waals surface area (Å²) in [6.07, 6.45) is 1.94. The molecule has 0 aliphatic carbocycles. The van der Waals surface area contributed by atoms with E-state index in [1.807, 2.05) is 24.3 Å². The fourth-order valence-electron chi connectivity index (χ4n) is 3.09. The molecular weight excluding hydrogens is 250 g/mol. The molecule has 3 rings (SSSR count). The second kappa shape index (κ2) is 5.08. The van der Waals surface area contributed by atoms with E-state index in [0.29, 0.717) is 17.5 Å². The van der Waals surface area contributed by atoms with E-state index < -0.39 is 0 Å². The number of benzene rings is 2. The Bertz CT molecular complexity index is 607. The third-order valence-corrected chi connectivity index (χ3v) is 4.05. The van der Waals surface area contributed by atoms with Gasteiger partial charge in [-0.05, 0) is 60.4 Å². The Morgan fingerprint density at radius 2 is 1.75 bits per heavy atom. The molecule has 0 spiro atoms. The molecule has 1 aliphatic rings. The summed E-state index contributed by atoms with van der Waals surface area (Å²) < 4.78 is 0. The predicted octanol–water partition coefficient (Wildman–Crippen LogP) is 3.61. The molecule has 2 N–H and O–H groups in total. The van der Waals surface area contributed by atoms with Crippen molar-refractivity contribution in [1.82, 2.24) is 0 Å². The molecule has 0 saturated heterocycles. The summed E-state index contributed by atoms with van der Waals surface area (Å²) in [6, 6.07) is 13.4. The van der Waals surface area contributed by atoms with Gasteiger partial charge in [0.05, 0.1) is 6.04 Å². The van der Waals surface area contributed by atoms with Gasteiger partial charge in [-0.15, -0.1) is 0 Å². The second-order valence-electron chi connectivity index (χ2n) is 5.27. The minimum Gasteiger partial charge on any atom is -0.508 e. The first-order valence-corrected chi connectivity index (χ1v) is 7.06. The van der Waals surface area contributed by atoms with Crippen molar-refractivity contribution in [1.29, 1.82) is 0 Å². The Kier molecular flexibility index (Phi) is 3.26. The molecule has 3 nitrogen and oxygen atoms in total. The van der Waals surface area contributed by atoms with Crippen molar-refractivity contribution < 1.29 is 10.2 Å². The standard InChI is InChI=1S/C17H19NO2/c1-2-17-16-8-7-15(20)11-12(16)9-10-18(17)13-3-5-14(19)6-4-13/h3-8,11,17,19-20H,2,9-10H2,1H3. The molecule has 3 heteroatoms. The van der Waals surface area contributed by atoms with Crippen LogP contribution >= 0.6 is 0 Å². The van der Waals surface area contributed by atoms with Crippen LogP contribution in [0.2, 0.25) is 0 Å². The SMILES string of the molecule is CCC1c2ccc(O)cc2CCN1c1ccc(O)cc1. The van der Waals surface area contributed by atoms with Gasteiger partial charge < -0.3 is 15.1 Å². The molecule has 2 aromatic carbocycles. The topological polar surface area (TPSA) is 43.7 Å². The summed E-state index contributed by atoms with van der Waals surface area (Å²) >= 11 is 0. The lowest BCUT2D eigenvalue weighted by molar-refractivity contribution is 0.471. The highest BCUT2D eigenvalue weighted by Crippen LogP contribution is 2.37. The Hall–Kier alpha value is -2.16. The molecule has 2 aromatic rings. The zero-order valence-electron chi connectivity index (χ0n) is 11.6. The second-order valence-corrected chi connectivity index (χ2v) is 5.27. The zero-order chi connectivity index (χ0) is 14.1. The van der Waals surface area contributed by atoms with E-state index in [1.165, 1.54) is 11.1 Å². The molecule has 1 atom stereocenters. The van der Waals surface area contributed by atoms with Gasteiger partial charge in [0.15, 0.2) is 0 Å². The first kappa shape index (κ1) is 12.9. The molecule has 20 heavy (non-hydrogen) atoms. The van der Waals surface area contributed by atoms with E-state index in [-0.39, 0.29) is 0 Å². The first-order chi connectivity index (χ1) is 9.69. The van der Waals surface area contributed by atoms with Gasteiger partial charge in [-0.25, -0.2) is 0 Å². The minimum absolute atomic E-state index is 0.295. The highest BCUT2D eigenvalue weighted by Gasteiger charge is 2.26. The molecule has 104 valence electrons. The predicted molar refractivity (Wildman–Crippen MR) is 80.3 cm³/mol. The van der Waals surface area contributed by atoms with Crippen LogP contribution in [-0.2, 0) is 6.42 Å². The summed E-state index contributed by atoms with van der Waals surface area (Å²) in [6.45, 7) is 3.11. The lowest BCUT2D eigenvalue weighted by atomic mass is 9.90. The maximum Gasteiger partial charge on any atom is 0.115 e. The molecule has 0 fully saturated rings. The molecule has 1 aliphatic heterocycles. The molecule has 0 bridgehead atoms. The number of nitrogens with zero attached hydrogens (tertiary/aromatic N) is 1. The minimum atomic E-state index is 0.295. The van der Waals surface area contributed by atoms with Gasteiger partial charge in [-0.3, -0.25) is 0 Å². The van der Waals surface area contributed by atoms with Crippen molar-refractivity contribution >= 4 is 5.69 Å². The van der Waals surface area contributed by atoms with Crippen molar-refractivity contribution in [3.63, 3.8) is 0 Å². The third kappa shape index (κ3) is 2.20. The molecule has 0 radical (unpaired) electrons. The van der Waals surface area contributed by atoms with Crippen molar-refractivity contribution in [3.8, 4) is 11.5 Å². The van der Waals surface area contributed by atoms with Crippen LogP contribution in [0.15, 0.2) is 42.5 Å². The van der Waals surface area contributed by atoms with Crippen LogP contribution in [-0.4, -0.2) is 16.8 Å². The fraction of sp³-hybridized carbons (Fsp3) is 0.294. The number of fused-ring (bicyclic) bond motifs is 1. The number of anilines is 1. The van der Waals surface area contributed by atoms with E-state index in [2.05, 4.69) is 11.8 Å². The first-order valence-electron chi connectivity index (χ1n) is 7.06. The molecule has 1 unspecified atom stereocenters. The van der Waals surface area contributed by atoms with Gasteiger partial charge in [0.25, 0.3) is 0 Å². The number of rotatable bonds is 2. The lowest BCUT2D eigenvalue weighted by Crippen LogP contribution is -2.35. The average Bonchev–Trinajstić information content (AvgIpc) is 2.46. The normalized spacial score (nSPS) is 17.9. The molecule has 1 heterocycles. The van der Waals surface area contributed by atoms with E-state index >= 15 is 0 Å². The number of phenols is 2. The van der Waals surface area contributed by atoms with E-state index in [4.69, 9.17) is 0 Å². The molecule has 0 aromatic heterocycles. The maximum absolute atomic E-state index is 9.62.